The molecular weight excluding hydrogens is 169 g/mol. The molecular formula is C5H12NO4P. The summed E-state index contributed by atoms with van der Waals surface area (Å²) in [6.07, 6.45) is 1.36. The Balaban J connectivity index is 3.80. The van der Waals surface area contributed by atoms with Gasteiger partial charge in [-0.25, -0.2) is 4.57 Å². The van der Waals surface area contributed by atoms with Crippen LogP contribution in [0.25, 0.3) is 0 Å². The summed E-state index contributed by atoms with van der Waals surface area (Å²) in [5.41, 5.74) is 0. The predicted molar refractivity (Wildman–Crippen MR) is 40.7 cm³/mol. The highest BCUT2D eigenvalue weighted by atomic mass is 31.2. The molecule has 0 heterocycles. The summed E-state index contributed by atoms with van der Waals surface area (Å²) in [6.45, 7) is 3.30. The van der Waals surface area contributed by atoms with Gasteiger partial charge in [-0.15, -0.1) is 6.58 Å². The summed E-state index contributed by atoms with van der Waals surface area (Å²) in [5.74, 6) is 0. The molecule has 0 amide bonds. The topological polar surface area (TPSA) is 59.0 Å². The number of phosphoric acid groups is 1. The van der Waals surface area contributed by atoms with Crippen LogP contribution in [0.2, 0.25) is 0 Å². The van der Waals surface area contributed by atoms with Crippen molar-refractivity contribution >= 4 is 7.82 Å². The van der Waals surface area contributed by atoms with E-state index in [1.54, 1.807) is 0 Å². The fourth-order valence-corrected chi connectivity index (χ4v) is 1.13. The van der Waals surface area contributed by atoms with E-state index in [1.165, 1.54) is 20.2 Å². The molecule has 0 fully saturated rings. The second-order valence-electron chi connectivity index (χ2n) is 1.95. The molecule has 1 unspecified atom stereocenters. The molecule has 0 aromatic rings. The molecule has 1 atom stereocenters. The molecule has 0 aromatic heterocycles. The number of hydrogen-bond acceptors (Lipinski definition) is 4. The Kier molecular flexibility index (Phi) is 4.56. The zero-order chi connectivity index (χ0) is 8.91. The van der Waals surface area contributed by atoms with E-state index in [0.29, 0.717) is 0 Å². The third-order valence-corrected chi connectivity index (χ3v) is 1.63. The van der Waals surface area contributed by atoms with Gasteiger partial charge in [0.15, 0.2) is 0 Å². The van der Waals surface area contributed by atoms with E-state index in [1.807, 2.05) is 0 Å². The Labute approximate surface area is 65.8 Å². The summed E-state index contributed by atoms with van der Waals surface area (Å²) in [7, 11) is -0.938. The molecule has 0 aromatic carbocycles. The summed E-state index contributed by atoms with van der Waals surface area (Å²) < 4.78 is 19.6. The van der Waals surface area contributed by atoms with Crippen molar-refractivity contribution in [1.82, 2.24) is 5.06 Å². The van der Waals surface area contributed by atoms with E-state index in [4.69, 9.17) is 4.89 Å². The molecule has 0 saturated carbocycles. The van der Waals surface area contributed by atoms with Crippen molar-refractivity contribution in [3.63, 3.8) is 0 Å². The highest BCUT2D eigenvalue weighted by Crippen LogP contribution is 2.43. The maximum absolute atomic E-state index is 10.8. The van der Waals surface area contributed by atoms with Gasteiger partial charge in [0, 0.05) is 14.1 Å². The molecule has 0 aliphatic rings. The lowest BCUT2D eigenvalue weighted by Gasteiger charge is -2.14. The van der Waals surface area contributed by atoms with E-state index in [9.17, 15) is 4.57 Å². The van der Waals surface area contributed by atoms with Crippen LogP contribution in [0.5, 0.6) is 0 Å². The van der Waals surface area contributed by atoms with Crippen LogP contribution in [0.15, 0.2) is 12.7 Å². The standard InChI is InChI=1S/C5H12NO4P/c1-4-5-9-11(7,8)10-6(2)3/h4H,1,5H2,2-3H3,(H,7,8). The molecule has 66 valence electrons. The van der Waals surface area contributed by atoms with Crippen molar-refractivity contribution in [1.29, 1.82) is 0 Å². The Bertz CT molecular complexity index is 170. The summed E-state index contributed by atoms with van der Waals surface area (Å²) in [5, 5.41) is 1.10. The van der Waals surface area contributed by atoms with Gasteiger partial charge in [0.2, 0.25) is 0 Å². The molecule has 11 heavy (non-hydrogen) atoms. The van der Waals surface area contributed by atoms with Crippen molar-refractivity contribution < 1.29 is 18.6 Å². The summed E-state index contributed by atoms with van der Waals surface area (Å²) >= 11 is 0. The van der Waals surface area contributed by atoms with Gasteiger partial charge in [-0.3, -0.25) is 4.52 Å². The third kappa shape index (κ3) is 6.22. The summed E-state index contributed by atoms with van der Waals surface area (Å²) in [4.78, 5) is 8.84. The van der Waals surface area contributed by atoms with Crippen LogP contribution in [0.1, 0.15) is 0 Å². The van der Waals surface area contributed by atoms with E-state index in [-0.39, 0.29) is 6.61 Å². The largest absolute Gasteiger partial charge is 0.489 e. The Morgan fingerprint density at radius 3 is 2.64 bits per heavy atom. The minimum atomic E-state index is -3.91. The van der Waals surface area contributed by atoms with E-state index < -0.39 is 7.82 Å². The van der Waals surface area contributed by atoms with Gasteiger partial charge in [0.25, 0.3) is 0 Å². The number of rotatable bonds is 5. The van der Waals surface area contributed by atoms with E-state index in [2.05, 4.69) is 15.7 Å². The molecule has 1 N–H and O–H groups in total. The number of hydroxylamine groups is 2. The van der Waals surface area contributed by atoms with Gasteiger partial charge >= 0.3 is 7.82 Å². The average Bonchev–Trinajstić information content (AvgIpc) is 1.81. The van der Waals surface area contributed by atoms with Crippen LogP contribution in [-0.4, -0.2) is 30.7 Å². The monoisotopic (exact) mass is 181 g/mol. The molecule has 0 aliphatic carbocycles. The zero-order valence-electron chi connectivity index (χ0n) is 6.56. The average molecular weight is 181 g/mol. The number of nitrogens with zero attached hydrogens (tertiary/aromatic N) is 1. The molecule has 5 nitrogen and oxygen atoms in total. The van der Waals surface area contributed by atoms with Crippen LogP contribution in [0.3, 0.4) is 0 Å². The third-order valence-electron chi connectivity index (χ3n) is 0.622. The highest BCUT2D eigenvalue weighted by molar-refractivity contribution is 7.47. The van der Waals surface area contributed by atoms with Gasteiger partial charge in [-0.1, -0.05) is 6.08 Å². The van der Waals surface area contributed by atoms with Crippen LogP contribution >= 0.6 is 7.82 Å². The van der Waals surface area contributed by atoms with Crippen LogP contribution < -0.4 is 0 Å². The molecule has 6 heteroatoms. The van der Waals surface area contributed by atoms with Crippen LogP contribution in [0, 0.1) is 0 Å². The van der Waals surface area contributed by atoms with Gasteiger partial charge in [0.1, 0.15) is 0 Å². The Morgan fingerprint density at radius 2 is 2.27 bits per heavy atom. The van der Waals surface area contributed by atoms with Crippen molar-refractivity contribution in [2.45, 2.75) is 0 Å². The second kappa shape index (κ2) is 4.64. The molecule has 0 spiro atoms. The van der Waals surface area contributed by atoms with Gasteiger partial charge in [0.05, 0.1) is 6.61 Å². The van der Waals surface area contributed by atoms with E-state index >= 15 is 0 Å². The minimum Gasteiger partial charge on any atom is -0.301 e. The maximum Gasteiger partial charge on any atom is 0.489 e. The van der Waals surface area contributed by atoms with Gasteiger partial charge in [-0.05, 0) is 0 Å². The number of hydrogen-bond donors (Lipinski definition) is 1. The fraction of sp³-hybridized carbons (Fsp3) is 0.600. The van der Waals surface area contributed by atoms with Crippen molar-refractivity contribution in [3.8, 4) is 0 Å². The SMILES string of the molecule is C=CCOP(=O)(O)ON(C)C. The normalized spacial score (nSPS) is 16.4. The minimum absolute atomic E-state index is 0.0123. The molecule has 0 radical (unpaired) electrons. The first-order chi connectivity index (χ1) is 4.98. The Morgan fingerprint density at radius 1 is 1.73 bits per heavy atom. The first kappa shape index (κ1) is 10.8. The van der Waals surface area contributed by atoms with Crippen molar-refractivity contribution in [2.75, 3.05) is 20.7 Å². The quantitative estimate of drug-likeness (QED) is 0.386. The van der Waals surface area contributed by atoms with Gasteiger partial charge < -0.3 is 4.89 Å². The predicted octanol–water partition coefficient (Wildman–Crippen LogP) is 0.783. The first-order valence-corrected chi connectivity index (χ1v) is 4.43. The zero-order valence-corrected chi connectivity index (χ0v) is 7.45. The highest BCUT2D eigenvalue weighted by Gasteiger charge is 2.21. The van der Waals surface area contributed by atoms with Crippen LogP contribution in [-0.2, 0) is 13.7 Å². The molecule has 0 aliphatic heterocycles. The molecule has 0 bridgehead atoms. The molecule has 0 rings (SSSR count). The smallest absolute Gasteiger partial charge is 0.301 e. The summed E-state index contributed by atoms with van der Waals surface area (Å²) in [6, 6.07) is 0. The second-order valence-corrected chi connectivity index (χ2v) is 3.31. The fourth-order valence-electron chi connectivity index (χ4n) is 0.377. The Hall–Kier alpha value is -0.190. The lowest BCUT2D eigenvalue weighted by molar-refractivity contribution is -0.0397. The van der Waals surface area contributed by atoms with Crippen molar-refractivity contribution in [2.24, 2.45) is 0 Å². The van der Waals surface area contributed by atoms with Gasteiger partial charge in [-0.2, -0.15) is 9.69 Å². The number of phosphoric ester groups is 1. The van der Waals surface area contributed by atoms with Crippen molar-refractivity contribution in [3.05, 3.63) is 12.7 Å². The van der Waals surface area contributed by atoms with Crippen LogP contribution in [0.4, 0.5) is 0 Å². The lowest BCUT2D eigenvalue weighted by Crippen LogP contribution is -2.11. The maximum atomic E-state index is 10.8. The van der Waals surface area contributed by atoms with E-state index in [0.717, 1.165) is 5.06 Å². The lowest BCUT2D eigenvalue weighted by atomic mass is 10.7. The first-order valence-electron chi connectivity index (χ1n) is 2.93. The molecule has 0 saturated heterocycles.